The van der Waals surface area contributed by atoms with Crippen molar-refractivity contribution in [2.75, 3.05) is 22.9 Å². The van der Waals surface area contributed by atoms with Gasteiger partial charge >= 0.3 is 0 Å². The maximum atomic E-state index is 13.9. The lowest BCUT2D eigenvalue weighted by Gasteiger charge is -2.08. The Kier molecular flexibility index (Phi) is 6.25. The third kappa shape index (κ3) is 3.99. The molecule has 0 aliphatic carbocycles. The fraction of sp³-hybridized carbons (Fsp3) is 0. The van der Waals surface area contributed by atoms with Gasteiger partial charge < -0.3 is 22.9 Å². The minimum absolute atomic E-state index is 0.505. The Balaban J connectivity index is 1.28. The number of anilines is 4. The molecule has 26 nitrogen and oxygen atoms in total. The topological polar surface area (TPSA) is 451 Å². The lowest BCUT2D eigenvalue weighted by atomic mass is 10.1. The molecule has 0 saturated carbocycles. The molecule has 11 rings (SSSR count). The molecule has 0 aliphatic rings. The summed E-state index contributed by atoms with van der Waals surface area (Å²) in [5.41, 5.74) is -4.36. The van der Waals surface area contributed by atoms with Crippen LogP contribution >= 0.6 is 0 Å². The Morgan fingerprint density at radius 2 is 0.355 bits per heavy atom. The fourth-order valence-electron chi connectivity index (χ4n) is 7.30. The van der Waals surface area contributed by atoms with Crippen LogP contribution in [0.3, 0.4) is 0 Å². The lowest BCUT2D eigenvalue weighted by molar-refractivity contribution is 1.20. The zero-order chi connectivity index (χ0) is 43.9. The van der Waals surface area contributed by atoms with E-state index in [4.69, 9.17) is 33.8 Å². The Morgan fingerprint density at radius 3 is 0.597 bits per heavy atom. The highest BCUT2D eigenvalue weighted by atomic mass is 16.2. The van der Waals surface area contributed by atoms with Crippen molar-refractivity contribution in [1.82, 2.24) is 49.8 Å². The number of benzene rings is 6. The first kappa shape index (κ1) is 35.3. The molecule has 10 N–H and O–H groups in total. The highest BCUT2D eigenvalue weighted by Crippen LogP contribution is 2.23. The highest BCUT2D eigenvalue weighted by Gasteiger charge is 2.27. The van der Waals surface area contributed by atoms with Gasteiger partial charge in [0.1, 0.15) is 144 Å². The van der Waals surface area contributed by atoms with Crippen LogP contribution in [0.1, 0.15) is 0 Å². The van der Waals surface area contributed by atoms with Crippen molar-refractivity contribution in [3.05, 3.63) is 113 Å². The van der Waals surface area contributed by atoms with Gasteiger partial charge in [0.05, 0.1) is 0 Å². The van der Waals surface area contributed by atoms with Crippen LogP contribution in [-0.4, -0.2) is 49.8 Å². The van der Waals surface area contributed by atoms with E-state index in [0.29, 0.717) is 0 Å². The molecule has 294 valence electrons. The Labute approximate surface area is 329 Å². The summed E-state index contributed by atoms with van der Waals surface area (Å²) in [6, 6.07) is 0. The molecule has 0 radical (unpaired) electrons. The molecule has 26 heteroatoms. The molecule has 0 spiro atoms. The van der Waals surface area contributed by atoms with E-state index >= 15 is 0 Å². The Bertz CT molecular complexity index is 4600. The molecule has 62 heavy (non-hydrogen) atoms. The molecule has 0 aliphatic heterocycles. The lowest BCUT2D eigenvalue weighted by Crippen LogP contribution is -2.31. The van der Waals surface area contributed by atoms with Crippen molar-refractivity contribution in [2.45, 2.75) is 0 Å². The van der Waals surface area contributed by atoms with Crippen LogP contribution in [0.2, 0.25) is 0 Å². The second-order valence-electron chi connectivity index (χ2n) is 13.8. The van der Waals surface area contributed by atoms with Crippen LogP contribution in [0.4, 0.5) is 22.7 Å². The average molecular weight is 827 g/mol. The van der Waals surface area contributed by atoms with Gasteiger partial charge in [-0.15, -0.1) is 0 Å². The largest absolute Gasteiger partial charge is 0.394 e. The Hall–Kier alpha value is -9.88. The predicted molar refractivity (Wildman–Crippen MR) is 219 cm³/mol. The van der Waals surface area contributed by atoms with Gasteiger partial charge in [0.2, 0.25) is 54.3 Å². The van der Waals surface area contributed by atoms with Crippen LogP contribution in [-0.2, 0) is 0 Å². The van der Waals surface area contributed by atoms with Gasteiger partial charge in [-0.3, -0.25) is 58.8 Å². The van der Waals surface area contributed by atoms with Crippen molar-refractivity contribution in [3.63, 3.8) is 0 Å². The number of nitrogens with zero attached hydrogens (tertiary/aromatic N) is 10. The van der Waals surface area contributed by atoms with E-state index in [-0.39, 0.29) is 0 Å². The highest BCUT2D eigenvalue weighted by molar-refractivity contribution is 6.10. The van der Waals surface area contributed by atoms with Crippen LogP contribution in [0.5, 0.6) is 0 Å². The molecular formula is C36H10N16O10. The van der Waals surface area contributed by atoms with Gasteiger partial charge in [-0.1, -0.05) is 0 Å². The maximum Gasteiger partial charge on any atom is 0.234 e. The number of nitrogens with one attached hydrogen (secondary N) is 2. The van der Waals surface area contributed by atoms with Crippen LogP contribution in [0.25, 0.3) is 110 Å². The van der Waals surface area contributed by atoms with E-state index in [9.17, 15) is 47.9 Å². The molecule has 6 aromatic carbocycles. The van der Waals surface area contributed by atoms with Crippen LogP contribution < -0.4 is 87.9 Å². The summed E-state index contributed by atoms with van der Waals surface area (Å²) in [4.78, 5) is 175. The van der Waals surface area contributed by atoms with Crippen molar-refractivity contribution in [3.8, 4) is 0 Å². The first-order chi connectivity index (χ1) is 29.4. The standard InChI is InChI=1S/C36H10N16O10/c37-1-3(39)29(55)17-15(27(1)53)49-23-25(51-17)35(61)21-19(33(23)59)43-7-5(41)31(57)13-11(9(7)46-21)45-12-10-8(6(42)32(58)14(12)48-13)44-20-22(47-10)36(62)26-24(34(20)60)50-16-18(52-26)30(56)4(40)2(38)28(16)54/h41-42H,37-40H2. The van der Waals surface area contributed by atoms with Crippen LogP contribution in [0, 0.1) is 10.8 Å². The van der Waals surface area contributed by atoms with Gasteiger partial charge in [0.15, 0.2) is 0 Å². The number of hydrogen-bond acceptors (Lipinski definition) is 26. The maximum absolute atomic E-state index is 13.9. The number of fused-ring (bicyclic) bond motifs is 12. The van der Waals surface area contributed by atoms with Crippen molar-refractivity contribution >= 4 is 133 Å². The van der Waals surface area contributed by atoms with E-state index in [2.05, 4.69) is 49.8 Å². The SMILES string of the molecule is N=c1c(=O)c2nc3c(=O)c(=N)c4nc5c(=O)c6nc7c(=O)c(N)c(N)c(=O)c7nc6c(=O)c5nc4c3nc2c2nc3c(=O)c4nc5c(=O)c(N)c(N)c(=O)c5nc4c(=O)c3nc12. The van der Waals surface area contributed by atoms with Gasteiger partial charge in [-0.2, -0.15) is 0 Å². The zero-order valence-corrected chi connectivity index (χ0v) is 29.9. The monoisotopic (exact) mass is 826 g/mol. The number of rotatable bonds is 0. The molecule has 0 atom stereocenters. The van der Waals surface area contributed by atoms with E-state index in [1.807, 2.05) is 0 Å². The number of hydrogen-bond donors (Lipinski definition) is 6. The molecule has 0 bridgehead atoms. The van der Waals surface area contributed by atoms with Crippen molar-refractivity contribution < 1.29 is 0 Å². The van der Waals surface area contributed by atoms with Crippen molar-refractivity contribution in [1.29, 1.82) is 10.8 Å². The summed E-state index contributed by atoms with van der Waals surface area (Å²) >= 11 is 0. The van der Waals surface area contributed by atoms with E-state index in [1.54, 1.807) is 0 Å². The molecular weight excluding hydrogens is 816 g/mol. The fourth-order valence-corrected chi connectivity index (χ4v) is 7.30. The third-order valence-electron chi connectivity index (χ3n) is 10.4. The van der Waals surface area contributed by atoms with Crippen LogP contribution in [0.15, 0.2) is 47.9 Å². The van der Waals surface area contributed by atoms with Gasteiger partial charge in [-0.05, 0) is 0 Å². The molecule has 0 unspecified atom stereocenters. The Morgan fingerprint density at radius 1 is 0.210 bits per heavy atom. The summed E-state index contributed by atoms with van der Waals surface area (Å²) in [6.07, 6.45) is 0. The second-order valence-corrected chi connectivity index (χ2v) is 13.8. The first-order valence-corrected chi connectivity index (χ1v) is 17.2. The van der Waals surface area contributed by atoms with E-state index in [1.165, 1.54) is 0 Å². The first-order valence-electron chi connectivity index (χ1n) is 17.2. The molecule has 11 aromatic rings. The van der Waals surface area contributed by atoms with Gasteiger partial charge in [0, 0.05) is 0 Å². The van der Waals surface area contributed by atoms with Gasteiger partial charge in [0.25, 0.3) is 0 Å². The molecule has 0 saturated heterocycles. The second kappa shape index (κ2) is 11.0. The van der Waals surface area contributed by atoms with E-state index in [0.717, 1.165) is 0 Å². The quantitative estimate of drug-likeness (QED) is 0.0472. The smallest absolute Gasteiger partial charge is 0.234 e. The summed E-state index contributed by atoms with van der Waals surface area (Å²) < 4.78 is 0. The minimum atomic E-state index is -1.20. The normalized spacial score (nSPS) is 12.3. The number of nitrogens with two attached hydrogens (primary N) is 4. The summed E-state index contributed by atoms with van der Waals surface area (Å²) in [5, 5.41) is 15.4. The number of nitrogen functional groups attached to an aromatic ring is 4. The predicted octanol–water partition coefficient (Wildman–Crippen LogP) is -5.31. The summed E-state index contributed by atoms with van der Waals surface area (Å²) in [7, 11) is 0. The zero-order valence-electron chi connectivity index (χ0n) is 29.9. The summed E-state index contributed by atoms with van der Waals surface area (Å²) in [5.74, 6) is 0. The van der Waals surface area contributed by atoms with E-state index < -0.39 is 198 Å². The molecule has 5 heterocycles. The van der Waals surface area contributed by atoms with Gasteiger partial charge in [-0.25, -0.2) is 49.8 Å². The third-order valence-corrected chi connectivity index (χ3v) is 10.4. The van der Waals surface area contributed by atoms with Crippen molar-refractivity contribution in [2.24, 2.45) is 0 Å². The summed E-state index contributed by atoms with van der Waals surface area (Å²) in [6.45, 7) is 0. The molecule has 0 fully saturated rings. The number of aromatic nitrogens is 10. The minimum Gasteiger partial charge on any atom is -0.394 e. The average Bonchev–Trinajstić information content (AvgIpc) is 3.28. The molecule has 0 amide bonds. The molecule has 5 aromatic heterocycles.